The van der Waals surface area contributed by atoms with E-state index in [-0.39, 0.29) is 15.7 Å². The van der Waals surface area contributed by atoms with Gasteiger partial charge in [0.05, 0.1) is 21.4 Å². The van der Waals surface area contributed by atoms with Crippen LogP contribution in [0.15, 0.2) is 18.2 Å². The van der Waals surface area contributed by atoms with Crippen LogP contribution in [0.2, 0.25) is 10.0 Å². The highest BCUT2D eigenvalue weighted by molar-refractivity contribution is 6.44. The van der Waals surface area contributed by atoms with Crippen LogP contribution < -0.4 is 20.9 Å². The zero-order valence-corrected chi connectivity index (χ0v) is 17.7. The van der Waals surface area contributed by atoms with E-state index in [1.54, 1.807) is 19.1 Å². The van der Waals surface area contributed by atoms with Crippen LogP contribution in [-0.4, -0.2) is 60.6 Å². The molecule has 0 bridgehead atoms. The number of hydrogen-bond donors (Lipinski definition) is 5. The first kappa shape index (κ1) is 21.9. The Hall–Kier alpha value is -2.75. The number of anilines is 2. The number of aromatic amines is 1. The number of rotatable bonds is 6. The van der Waals surface area contributed by atoms with E-state index < -0.39 is 24.3 Å². The number of carbonyl (C=O) groups is 3. The quantitative estimate of drug-likeness (QED) is 0.455. The van der Waals surface area contributed by atoms with E-state index in [2.05, 4.69) is 20.9 Å². The van der Waals surface area contributed by atoms with Crippen molar-refractivity contribution < 1.29 is 19.5 Å². The van der Waals surface area contributed by atoms with Crippen LogP contribution in [0.5, 0.6) is 0 Å². The second kappa shape index (κ2) is 9.38. The highest BCUT2D eigenvalue weighted by Gasteiger charge is 2.22. The van der Waals surface area contributed by atoms with Gasteiger partial charge < -0.3 is 30.9 Å². The molecule has 0 radical (unpaired) electrons. The molecule has 1 saturated heterocycles. The summed E-state index contributed by atoms with van der Waals surface area (Å²) in [6.45, 7) is 4.09. The van der Waals surface area contributed by atoms with Crippen LogP contribution in [0.4, 0.5) is 11.4 Å². The second-order valence-electron chi connectivity index (χ2n) is 6.75. The number of amides is 2. The number of aliphatic carboxylic acids is 1. The molecule has 5 N–H and O–H groups in total. The van der Waals surface area contributed by atoms with Crippen molar-refractivity contribution in [1.82, 2.24) is 15.6 Å². The van der Waals surface area contributed by atoms with Crippen LogP contribution in [0, 0.1) is 6.92 Å². The fraction of sp³-hybridized carbons (Fsp3) is 0.316. The molecule has 0 atom stereocenters. The highest BCUT2D eigenvalue weighted by Crippen LogP contribution is 2.32. The van der Waals surface area contributed by atoms with E-state index in [9.17, 15) is 14.4 Å². The highest BCUT2D eigenvalue weighted by atomic mass is 35.5. The molecule has 1 aromatic carbocycles. The summed E-state index contributed by atoms with van der Waals surface area (Å²) >= 11 is 12.2. The number of nitrogens with one attached hydrogen (secondary N) is 4. The lowest BCUT2D eigenvalue weighted by molar-refractivity contribution is -0.135. The topological polar surface area (TPSA) is 127 Å². The predicted molar refractivity (Wildman–Crippen MR) is 115 cm³/mol. The average molecular weight is 454 g/mol. The third kappa shape index (κ3) is 4.86. The lowest BCUT2D eigenvalue weighted by Crippen LogP contribution is -2.44. The Balaban J connectivity index is 1.90. The Morgan fingerprint density at radius 1 is 1.13 bits per heavy atom. The lowest BCUT2D eigenvalue weighted by atomic mass is 10.1. The van der Waals surface area contributed by atoms with E-state index in [0.717, 1.165) is 13.1 Å². The van der Waals surface area contributed by atoms with Gasteiger partial charge in [0.25, 0.3) is 11.8 Å². The van der Waals surface area contributed by atoms with Gasteiger partial charge in [0.15, 0.2) is 0 Å². The number of hydrogen-bond acceptors (Lipinski definition) is 5. The second-order valence-corrected chi connectivity index (χ2v) is 7.51. The van der Waals surface area contributed by atoms with Gasteiger partial charge in [-0.15, -0.1) is 0 Å². The minimum Gasteiger partial charge on any atom is -0.480 e. The van der Waals surface area contributed by atoms with E-state index in [1.165, 1.54) is 6.07 Å². The Morgan fingerprint density at radius 2 is 1.83 bits per heavy atom. The summed E-state index contributed by atoms with van der Waals surface area (Å²) in [6, 6.07) is 4.76. The van der Waals surface area contributed by atoms with Crippen molar-refractivity contribution in [2.45, 2.75) is 6.92 Å². The number of halogens is 2. The normalized spacial score (nSPS) is 13.8. The molecular formula is C19H21Cl2N5O4. The molecule has 160 valence electrons. The van der Waals surface area contributed by atoms with Crippen molar-refractivity contribution >= 4 is 52.4 Å². The first-order valence-electron chi connectivity index (χ1n) is 9.22. The number of nitrogens with zero attached hydrogens (tertiary/aromatic N) is 1. The monoisotopic (exact) mass is 453 g/mol. The van der Waals surface area contributed by atoms with Gasteiger partial charge in [0.2, 0.25) is 0 Å². The summed E-state index contributed by atoms with van der Waals surface area (Å²) < 4.78 is 0. The van der Waals surface area contributed by atoms with Gasteiger partial charge in [-0.1, -0.05) is 23.2 Å². The van der Waals surface area contributed by atoms with Crippen LogP contribution in [-0.2, 0) is 4.79 Å². The van der Waals surface area contributed by atoms with Crippen molar-refractivity contribution in [3.8, 4) is 0 Å². The molecule has 2 amide bonds. The largest absolute Gasteiger partial charge is 0.480 e. The molecule has 0 spiro atoms. The number of carboxylic acid groups (broad SMARTS) is 1. The summed E-state index contributed by atoms with van der Waals surface area (Å²) in [6.07, 6.45) is 0. The number of piperazine rings is 1. The molecule has 0 aliphatic carbocycles. The van der Waals surface area contributed by atoms with Crippen LogP contribution in [0.3, 0.4) is 0 Å². The number of benzene rings is 1. The van der Waals surface area contributed by atoms with Gasteiger partial charge in [-0.05, 0) is 25.1 Å². The third-order valence-electron chi connectivity index (χ3n) is 4.65. The zero-order chi connectivity index (χ0) is 21.8. The van der Waals surface area contributed by atoms with Crippen LogP contribution >= 0.6 is 23.2 Å². The van der Waals surface area contributed by atoms with Gasteiger partial charge >= 0.3 is 5.97 Å². The Labute approximate surface area is 182 Å². The van der Waals surface area contributed by atoms with Gasteiger partial charge in [0, 0.05) is 37.4 Å². The van der Waals surface area contributed by atoms with Crippen molar-refractivity contribution in [1.29, 1.82) is 0 Å². The molecule has 1 aliphatic heterocycles. The fourth-order valence-electron chi connectivity index (χ4n) is 3.12. The van der Waals surface area contributed by atoms with E-state index >= 15 is 0 Å². The zero-order valence-electron chi connectivity index (χ0n) is 16.1. The molecule has 0 unspecified atom stereocenters. The SMILES string of the molecule is Cc1[nH]c(C(=O)Nc2ccc(C(=O)NCC(=O)O)cc2N2CCNCC2)c(Cl)c1Cl. The summed E-state index contributed by atoms with van der Waals surface area (Å²) in [5.41, 5.74) is 2.17. The molecular weight excluding hydrogens is 433 g/mol. The van der Waals surface area contributed by atoms with E-state index in [1.807, 2.05) is 4.90 Å². The Morgan fingerprint density at radius 3 is 2.43 bits per heavy atom. The maximum absolute atomic E-state index is 12.8. The maximum atomic E-state index is 12.8. The fourth-order valence-corrected chi connectivity index (χ4v) is 3.53. The number of carboxylic acids is 1. The van der Waals surface area contributed by atoms with E-state index in [4.69, 9.17) is 28.3 Å². The molecule has 30 heavy (non-hydrogen) atoms. The molecule has 11 heteroatoms. The van der Waals surface area contributed by atoms with Crippen molar-refractivity contribution in [2.75, 3.05) is 42.9 Å². The minimum absolute atomic E-state index is 0.139. The summed E-state index contributed by atoms with van der Waals surface area (Å²) in [4.78, 5) is 40.7. The standard InChI is InChI=1S/C19H21Cl2N5O4/c1-10-15(20)16(21)17(24-10)19(30)25-12-3-2-11(18(29)23-9-14(27)28)8-13(12)26-6-4-22-5-7-26/h2-3,8,22,24H,4-7,9H2,1H3,(H,23,29)(H,25,30)(H,27,28). The van der Waals surface area contributed by atoms with Crippen LogP contribution in [0.25, 0.3) is 0 Å². The minimum atomic E-state index is -1.13. The summed E-state index contributed by atoms with van der Waals surface area (Å²) in [7, 11) is 0. The molecule has 9 nitrogen and oxygen atoms in total. The molecule has 2 heterocycles. The number of carbonyl (C=O) groups excluding carboxylic acids is 2. The molecule has 3 rings (SSSR count). The summed E-state index contributed by atoms with van der Waals surface area (Å²) in [5.74, 6) is -2.11. The van der Waals surface area contributed by atoms with Crippen molar-refractivity contribution in [3.63, 3.8) is 0 Å². The van der Waals surface area contributed by atoms with Gasteiger partial charge in [-0.2, -0.15) is 0 Å². The number of aryl methyl sites for hydroxylation is 1. The first-order chi connectivity index (χ1) is 14.3. The molecule has 1 fully saturated rings. The maximum Gasteiger partial charge on any atom is 0.322 e. The molecule has 1 aliphatic rings. The van der Waals surface area contributed by atoms with Gasteiger partial charge in [-0.3, -0.25) is 14.4 Å². The summed E-state index contributed by atoms with van der Waals surface area (Å²) in [5, 5.41) is 17.6. The smallest absolute Gasteiger partial charge is 0.322 e. The van der Waals surface area contributed by atoms with Crippen LogP contribution in [0.1, 0.15) is 26.5 Å². The molecule has 0 saturated carbocycles. The third-order valence-corrected chi connectivity index (χ3v) is 5.59. The average Bonchev–Trinajstić information content (AvgIpc) is 3.00. The molecule has 2 aromatic rings. The van der Waals surface area contributed by atoms with Gasteiger partial charge in [0.1, 0.15) is 12.2 Å². The number of aromatic nitrogens is 1. The first-order valence-corrected chi connectivity index (χ1v) is 9.98. The lowest BCUT2D eigenvalue weighted by Gasteiger charge is -2.31. The predicted octanol–water partition coefficient (Wildman–Crippen LogP) is 2.11. The van der Waals surface area contributed by atoms with Crippen molar-refractivity contribution in [3.05, 3.63) is 45.2 Å². The Bertz CT molecular complexity index is 986. The number of H-pyrrole nitrogens is 1. The van der Waals surface area contributed by atoms with E-state index in [0.29, 0.717) is 35.7 Å². The molecule has 1 aromatic heterocycles. The Kier molecular flexibility index (Phi) is 6.86. The van der Waals surface area contributed by atoms with Gasteiger partial charge in [-0.25, -0.2) is 0 Å². The van der Waals surface area contributed by atoms with Crippen molar-refractivity contribution in [2.24, 2.45) is 0 Å².